The molecule has 0 aliphatic rings. The number of carbonyl (C=O) groups excluding carboxylic acids is 1. The zero-order valence-electron chi connectivity index (χ0n) is 14.1. The number of hydrogen-bond donors (Lipinski definition) is 2. The van der Waals surface area contributed by atoms with Gasteiger partial charge < -0.3 is 10.3 Å². The summed E-state index contributed by atoms with van der Waals surface area (Å²) in [4.78, 5) is 27.4. The van der Waals surface area contributed by atoms with E-state index >= 15 is 0 Å². The molecule has 27 heavy (non-hydrogen) atoms. The molecule has 2 aromatic carbocycles. The molecule has 4 rings (SSSR count). The number of hydrogen-bond acceptors (Lipinski definition) is 3. The van der Waals surface area contributed by atoms with Crippen LogP contribution < -0.4 is 10.9 Å². The van der Waals surface area contributed by atoms with Gasteiger partial charge in [0.1, 0.15) is 12.4 Å². The van der Waals surface area contributed by atoms with Crippen LogP contribution in [0.1, 0.15) is 0 Å². The monoisotopic (exact) mass is 362 g/mol. The number of aromatic nitrogens is 3. The molecule has 2 heterocycles. The Morgan fingerprint density at radius 1 is 1.11 bits per heavy atom. The lowest BCUT2D eigenvalue weighted by molar-refractivity contribution is -0.117. The summed E-state index contributed by atoms with van der Waals surface area (Å²) in [5.74, 6) is -0.847. The van der Waals surface area contributed by atoms with E-state index in [0.29, 0.717) is 5.69 Å². The van der Waals surface area contributed by atoms with Gasteiger partial charge in [0.05, 0.1) is 5.69 Å². The summed E-state index contributed by atoms with van der Waals surface area (Å²) >= 11 is 0. The Balaban J connectivity index is 1.56. The first-order valence-corrected chi connectivity index (χ1v) is 8.30. The molecule has 4 aromatic rings. The van der Waals surface area contributed by atoms with E-state index in [9.17, 15) is 14.0 Å². The van der Waals surface area contributed by atoms with Gasteiger partial charge in [-0.3, -0.25) is 9.59 Å². The summed E-state index contributed by atoms with van der Waals surface area (Å²) < 4.78 is 15.0. The zero-order chi connectivity index (χ0) is 18.8. The average molecular weight is 362 g/mol. The van der Waals surface area contributed by atoms with Gasteiger partial charge in [-0.15, -0.1) is 0 Å². The number of fused-ring (bicyclic) bond motifs is 1. The number of aromatic amines is 1. The minimum Gasteiger partial charge on any atom is -0.361 e. The first-order chi connectivity index (χ1) is 13.1. The molecule has 0 saturated carbocycles. The number of halogens is 1. The largest absolute Gasteiger partial charge is 0.361 e. The minimum absolute atomic E-state index is 0.267. The van der Waals surface area contributed by atoms with Gasteiger partial charge in [-0.25, -0.2) is 9.07 Å². The first-order valence-electron chi connectivity index (χ1n) is 8.30. The highest BCUT2D eigenvalue weighted by molar-refractivity contribution is 5.93. The van der Waals surface area contributed by atoms with Crippen molar-refractivity contribution in [3.63, 3.8) is 0 Å². The molecule has 6 nitrogen and oxygen atoms in total. The van der Waals surface area contributed by atoms with Crippen LogP contribution in [0.2, 0.25) is 0 Å². The summed E-state index contributed by atoms with van der Waals surface area (Å²) in [7, 11) is 0. The van der Waals surface area contributed by atoms with E-state index < -0.39 is 17.3 Å². The molecular formula is C20H15FN4O2. The van der Waals surface area contributed by atoms with Crippen LogP contribution >= 0.6 is 0 Å². The van der Waals surface area contributed by atoms with E-state index in [1.54, 1.807) is 30.3 Å². The van der Waals surface area contributed by atoms with Gasteiger partial charge in [0, 0.05) is 29.0 Å². The van der Waals surface area contributed by atoms with Gasteiger partial charge in [-0.05, 0) is 41.8 Å². The van der Waals surface area contributed by atoms with E-state index in [-0.39, 0.29) is 17.8 Å². The maximum Gasteiger partial charge on any atom is 0.267 e. The number of amides is 1. The van der Waals surface area contributed by atoms with Crippen molar-refractivity contribution < 1.29 is 9.18 Å². The second kappa shape index (κ2) is 6.87. The molecule has 134 valence electrons. The normalized spacial score (nSPS) is 10.9. The molecule has 1 amide bonds. The van der Waals surface area contributed by atoms with Crippen LogP contribution in [0, 0.1) is 5.82 Å². The van der Waals surface area contributed by atoms with Crippen molar-refractivity contribution >= 4 is 22.5 Å². The predicted molar refractivity (Wildman–Crippen MR) is 101 cm³/mol. The van der Waals surface area contributed by atoms with E-state index in [4.69, 9.17) is 0 Å². The third kappa shape index (κ3) is 3.48. The fourth-order valence-electron chi connectivity index (χ4n) is 2.84. The third-order valence-electron chi connectivity index (χ3n) is 4.15. The summed E-state index contributed by atoms with van der Waals surface area (Å²) in [5.41, 5.74) is 1.61. The molecule has 0 atom stereocenters. The number of nitrogens with zero attached hydrogens (tertiary/aromatic N) is 2. The minimum atomic E-state index is -0.445. The van der Waals surface area contributed by atoms with E-state index in [2.05, 4.69) is 15.4 Å². The number of rotatable bonds is 4. The van der Waals surface area contributed by atoms with Crippen molar-refractivity contribution in [1.29, 1.82) is 0 Å². The van der Waals surface area contributed by atoms with Crippen molar-refractivity contribution in [2.24, 2.45) is 0 Å². The van der Waals surface area contributed by atoms with Crippen molar-refractivity contribution in [1.82, 2.24) is 14.8 Å². The van der Waals surface area contributed by atoms with Gasteiger partial charge >= 0.3 is 0 Å². The van der Waals surface area contributed by atoms with Crippen LogP contribution in [0.15, 0.2) is 71.7 Å². The lowest BCUT2D eigenvalue weighted by Gasteiger charge is -2.09. The van der Waals surface area contributed by atoms with Gasteiger partial charge in [0.25, 0.3) is 5.56 Å². The lowest BCUT2D eigenvalue weighted by Crippen LogP contribution is -2.29. The fourth-order valence-corrected chi connectivity index (χ4v) is 2.84. The molecule has 7 heteroatoms. The number of carbonyl (C=O) groups is 1. The number of nitrogens with one attached hydrogen (secondary N) is 2. The zero-order valence-corrected chi connectivity index (χ0v) is 14.1. The highest BCUT2D eigenvalue weighted by Gasteiger charge is 2.11. The van der Waals surface area contributed by atoms with Crippen LogP contribution in [-0.4, -0.2) is 20.7 Å². The van der Waals surface area contributed by atoms with Crippen molar-refractivity contribution in [3.05, 3.63) is 83.0 Å². The molecule has 0 fully saturated rings. The van der Waals surface area contributed by atoms with Gasteiger partial charge in [-0.2, -0.15) is 5.10 Å². The second-order valence-corrected chi connectivity index (χ2v) is 6.02. The molecule has 0 aliphatic heterocycles. The Morgan fingerprint density at radius 2 is 1.96 bits per heavy atom. The molecule has 0 spiro atoms. The summed E-state index contributed by atoms with van der Waals surface area (Å²) in [5, 5.41) is 7.89. The maximum absolute atomic E-state index is 13.9. The lowest BCUT2D eigenvalue weighted by atomic mass is 10.1. The molecule has 0 saturated heterocycles. The Labute approximate surface area is 153 Å². The summed E-state index contributed by atoms with van der Waals surface area (Å²) in [6, 6.07) is 16.2. The highest BCUT2D eigenvalue weighted by Crippen LogP contribution is 2.19. The summed E-state index contributed by atoms with van der Waals surface area (Å²) in [6.45, 7) is -0.274. The Bertz CT molecular complexity index is 1200. The SMILES string of the molecule is O=C(Cn1nc(-c2ccccc2F)ccc1=O)Nc1ccc2cc[nH]c2c1. The number of anilines is 1. The molecular weight excluding hydrogens is 347 g/mol. The van der Waals surface area contributed by atoms with Crippen molar-refractivity contribution in [3.8, 4) is 11.3 Å². The van der Waals surface area contributed by atoms with Gasteiger partial charge in [0.15, 0.2) is 0 Å². The molecule has 0 unspecified atom stereocenters. The Kier molecular flexibility index (Phi) is 4.25. The molecule has 0 radical (unpaired) electrons. The van der Waals surface area contributed by atoms with Gasteiger partial charge in [0.2, 0.25) is 5.91 Å². The summed E-state index contributed by atoms with van der Waals surface area (Å²) in [6.07, 6.45) is 1.81. The number of H-pyrrole nitrogens is 1. The van der Waals surface area contributed by atoms with Crippen LogP contribution in [0.25, 0.3) is 22.2 Å². The Morgan fingerprint density at radius 3 is 2.81 bits per heavy atom. The molecule has 0 bridgehead atoms. The van der Waals surface area contributed by atoms with Crippen LogP contribution in [0.4, 0.5) is 10.1 Å². The van der Waals surface area contributed by atoms with E-state index in [1.807, 2.05) is 18.3 Å². The van der Waals surface area contributed by atoms with E-state index in [0.717, 1.165) is 15.6 Å². The first kappa shape index (κ1) is 16.7. The maximum atomic E-state index is 13.9. The average Bonchev–Trinajstić information content (AvgIpc) is 3.12. The van der Waals surface area contributed by atoms with Crippen LogP contribution in [0.5, 0.6) is 0 Å². The fraction of sp³-hybridized carbons (Fsp3) is 0.0500. The third-order valence-corrected chi connectivity index (χ3v) is 4.15. The van der Waals surface area contributed by atoms with Gasteiger partial charge in [-0.1, -0.05) is 18.2 Å². The quantitative estimate of drug-likeness (QED) is 0.585. The number of benzene rings is 2. The van der Waals surface area contributed by atoms with E-state index in [1.165, 1.54) is 18.2 Å². The van der Waals surface area contributed by atoms with Crippen molar-refractivity contribution in [2.75, 3.05) is 5.32 Å². The standard InChI is InChI=1S/C20H15FN4O2/c21-16-4-2-1-3-15(16)17-7-8-20(27)25(24-17)12-19(26)23-14-6-5-13-9-10-22-18(13)11-14/h1-11,22H,12H2,(H,23,26). The van der Waals surface area contributed by atoms with Crippen molar-refractivity contribution in [2.45, 2.75) is 6.54 Å². The topological polar surface area (TPSA) is 79.8 Å². The highest BCUT2D eigenvalue weighted by atomic mass is 19.1. The molecule has 2 aromatic heterocycles. The Hall–Kier alpha value is -3.74. The van der Waals surface area contributed by atoms with Crippen LogP contribution in [0.3, 0.4) is 0 Å². The van der Waals surface area contributed by atoms with Crippen LogP contribution in [-0.2, 0) is 11.3 Å². The predicted octanol–water partition coefficient (Wildman–Crippen LogP) is 3.17. The second-order valence-electron chi connectivity index (χ2n) is 6.02. The molecule has 2 N–H and O–H groups in total. The smallest absolute Gasteiger partial charge is 0.267 e. The molecule has 0 aliphatic carbocycles.